The number of aliphatic carboxylic acids is 1. The number of hydrogen-bond acceptors (Lipinski definition) is 5. The Balaban J connectivity index is 0.000000250. The van der Waals surface area contributed by atoms with Gasteiger partial charge in [0.25, 0.3) is 0 Å². The molecule has 1 heterocycles. The van der Waals surface area contributed by atoms with E-state index in [1.54, 1.807) is 0 Å². The van der Waals surface area contributed by atoms with Crippen LogP contribution in [-0.4, -0.2) is 30.0 Å². The molecule has 0 radical (unpaired) electrons. The second kappa shape index (κ2) is 10.7. The van der Waals surface area contributed by atoms with E-state index in [-0.39, 0.29) is 12.3 Å². The molecule has 2 unspecified atom stereocenters. The molecule has 7 heteroatoms. The number of aryl methyl sites for hydroxylation is 1. The van der Waals surface area contributed by atoms with Crippen molar-refractivity contribution in [1.82, 2.24) is 10.7 Å². The van der Waals surface area contributed by atoms with Gasteiger partial charge in [-0.1, -0.05) is 43.7 Å². The van der Waals surface area contributed by atoms with Gasteiger partial charge < -0.3 is 21.7 Å². The monoisotopic (exact) mass is 349 g/mol. The van der Waals surface area contributed by atoms with Crippen LogP contribution in [0.5, 0.6) is 0 Å². The summed E-state index contributed by atoms with van der Waals surface area (Å²) in [6.45, 7) is 8.12. The van der Waals surface area contributed by atoms with Crippen LogP contribution in [0.2, 0.25) is 0 Å². The number of benzene rings is 1. The first-order chi connectivity index (χ1) is 11.9. The highest BCUT2D eigenvalue weighted by molar-refractivity contribution is 5.85. The SMILES string of the molecule is CC(C)C(C/C(=N/N)NN)C(=O)O.Cc1ccc(C2CCNC2)cc1. The highest BCUT2D eigenvalue weighted by Crippen LogP contribution is 2.22. The maximum Gasteiger partial charge on any atom is 0.307 e. The molecule has 1 aromatic rings. The fourth-order valence-corrected chi connectivity index (χ4v) is 2.74. The summed E-state index contributed by atoms with van der Waals surface area (Å²) in [5.41, 5.74) is 5.10. The van der Waals surface area contributed by atoms with Crippen molar-refractivity contribution < 1.29 is 9.90 Å². The molecule has 2 rings (SSSR count). The van der Waals surface area contributed by atoms with Crippen molar-refractivity contribution >= 4 is 11.8 Å². The number of hydrogen-bond donors (Lipinski definition) is 5. The zero-order chi connectivity index (χ0) is 18.8. The number of rotatable bonds is 5. The van der Waals surface area contributed by atoms with E-state index in [1.165, 1.54) is 24.1 Å². The number of carboxylic acids is 1. The van der Waals surface area contributed by atoms with Crippen LogP contribution in [0.15, 0.2) is 29.4 Å². The van der Waals surface area contributed by atoms with Crippen LogP contribution < -0.4 is 22.4 Å². The zero-order valence-corrected chi connectivity index (χ0v) is 15.3. The van der Waals surface area contributed by atoms with Gasteiger partial charge in [0.1, 0.15) is 5.84 Å². The molecule has 7 N–H and O–H groups in total. The van der Waals surface area contributed by atoms with Crippen LogP contribution in [0, 0.1) is 18.8 Å². The fraction of sp³-hybridized carbons (Fsp3) is 0.556. The van der Waals surface area contributed by atoms with Gasteiger partial charge >= 0.3 is 5.97 Å². The Morgan fingerprint density at radius 2 is 2.04 bits per heavy atom. The van der Waals surface area contributed by atoms with Gasteiger partial charge in [0.15, 0.2) is 0 Å². The number of nitrogens with zero attached hydrogens (tertiary/aromatic N) is 1. The molecule has 0 bridgehead atoms. The van der Waals surface area contributed by atoms with Crippen LogP contribution in [0.4, 0.5) is 0 Å². The van der Waals surface area contributed by atoms with Crippen molar-refractivity contribution in [3.8, 4) is 0 Å². The van der Waals surface area contributed by atoms with Crippen LogP contribution in [0.3, 0.4) is 0 Å². The lowest BCUT2D eigenvalue weighted by Gasteiger charge is -2.16. The molecule has 0 aliphatic carbocycles. The standard InChI is InChI=1S/C11H15N.C7H16N4O2/c1-9-2-4-10(5-3-9)11-6-7-12-8-11;1-4(2)5(7(12)13)3-6(10-8)11-9/h2-5,11-12H,6-8H2,1H3;4-5H,3,8-9H2,1-2H3,(H,10,11)(H,12,13). The molecule has 140 valence electrons. The van der Waals surface area contributed by atoms with E-state index in [1.807, 2.05) is 13.8 Å². The smallest absolute Gasteiger partial charge is 0.307 e. The minimum Gasteiger partial charge on any atom is -0.481 e. The molecule has 2 atom stereocenters. The first-order valence-electron chi connectivity index (χ1n) is 8.62. The Bertz CT molecular complexity index is 551. The van der Waals surface area contributed by atoms with Crippen LogP contribution in [-0.2, 0) is 4.79 Å². The Morgan fingerprint density at radius 1 is 1.40 bits per heavy atom. The van der Waals surface area contributed by atoms with Gasteiger partial charge in [0.2, 0.25) is 0 Å². The number of nitrogens with one attached hydrogen (secondary N) is 2. The highest BCUT2D eigenvalue weighted by atomic mass is 16.4. The maximum absolute atomic E-state index is 10.7. The lowest BCUT2D eigenvalue weighted by atomic mass is 9.92. The second-order valence-corrected chi connectivity index (χ2v) is 6.71. The molecule has 0 spiro atoms. The number of hydrazine groups is 1. The van der Waals surface area contributed by atoms with Crippen molar-refractivity contribution in [2.75, 3.05) is 13.1 Å². The van der Waals surface area contributed by atoms with Crippen LogP contribution in [0.1, 0.15) is 43.7 Å². The molecule has 0 saturated carbocycles. The number of amidine groups is 1. The summed E-state index contributed by atoms with van der Waals surface area (Å²) in [5, 5.41) is 15.5. The van der Waals surface area contributed by atoms with Crippen LogP contribution in [0.25, 0.3) is 0 Å². The summed E-state index contributed by atoms with van der Waals surface area (Å²) < 4.78 is 0. The maximum atomic E-state index is 10.7. The highest BCUT2D eigenvalue weighted by Gasteiger charge is 2.23. The normalized spacial score (nSPS) is 18.4. The molecule has 0 amide bonds. The summed E-state index contributed by atoms with van der Waals surface area (Å²) in [6, 6.07) is 8.92. The average molecular weight is 349 g/mol. The van der Waals surface area contributed by atoms with Crippen molar-refractivity contribution in [1.29, 1.82) is 0 Å². The summed E-state index contributed by atoms with van der Waals surface area (Å²) in [5.74, 6) is 9.74. The Morgan fingerprint density at radius 3 is 2.44 bits per heavy atom. The quantitative estimate of drug-likeness (QED) is 0.238. The molecule has 1 aliphatic heterocycles. The minimum atomic E-state index is -0.869. The lowest BCUT2D eigenvalue weighted by molar-refractivity contribution is -0.142. The number of carboxylic acid groups (broad SMARTS) is 1. The average Bonchev–Trinajstić information content (AvgIpc) is 3.11. The molecule has 1 fully saturated rings. The fourth-order valence-electron chi connectivity index (χ4n) is 2.74. The predicted molar refractivity (Wildman–Crippen MR) is 101 cm³/mol. The van der Waals surface area contributed by atoms with Gasteiger partial charge in [0, 0.05) is 13.0 Å². The second-order valence-electron chi connectivity index (χ2n) is 6.71. The van der Waals surface area contributed by atoms with Crippen molar-refractivity contribution in [2.24, 2.45) is 28.6 Å². The molecule has 1 saturated heterocycles. The van der Waals surface area contributed by atoms with Gasteiger partial charge in [-0.3, -0.25) is 4.79 Å². The Hall–Kier alpha value is -2.12. The number of hydrazone groups is 1. The summed E-state index contributed by atoms with van der Waals surface area (Å²) in [4.78, 5) is 10.7. The molecule has 25 heavy (non-hydrogen) atoms. The Labute approximate surface area is 149 Å². The first-order valence-corrected chi connectivity index (χ1v) is 8.62. The molecular weight excluding hydrogens is 318 g/mol. The van der Waals surface area contributed by atoms with Crippen molar-refractivity contribution in [3.05, 3.63) is 35.4 Å². The van der Waals surface area contributed by atoms with Gasteiger partial charge in [-0.25, -0.2) is 5.84 Å². The van der Waals surface area contributed by atoms with E-state index in [2.05, 4.69) is 47.0 Å². The van der Waals surface area contributed by atoms with Gasteiger partial charge in [-0.15, -0.1) is 0 Å². The van der Waals surface area contributed by atoms with Gasteiger partial charge in [-0.2, -0.15) is 5.10 Å². The minimum absolute atomic E-state index is 0.0163. The predicted octanol–water partition coefficient (Wildman–Crippen LogP) is 1.54. The summed E-state index contributed by atoms with van der Waals surface area (Å²) in [6.07, 6.45) is 1.52. The largest absolute Gasteiger partial charge is 0.481 e. The van der Waals surface area contributed by atoms with E-state index in [9.17, 15) is 4.79 Å². The molecule has 1 aliphatic rings. The van der Waals surface area contributed by atoms with E-state index in [0.717, 1.165) is 12.5 Å². The lowest BCUT2D eigenvalue weighted by Crippen LogP contribution is -2.35. The third-order valence-electron chi connectivity index (χ3n) is 4.47. The summed E-state index contributed by atoms with van der Waals surface area (Å²) in [7, 11) is 0. The number of carbonyl (C=O) groups is 1. The van der Waals surface area contributed by atoms with E-state index in [4.69, 9.17) is 16.8 Å². The third kappa shape index (κ3) is 7.11. The first kappa shape index (κ1) is 20.9. The van der Waals surface area contributed by atoms with Gasteiger partial charge in [-0.05, 0) is 37.3 Å². The topological polar surface area (TPSA) is 126 Å². The number of nitrogens with two attached hydrogens (primary N) is 2. The molecule has 7 nitrogen and oxygen atoms in total. The van der Waals surface area contributed by atoms with Crippen LogP contribution >= 0.6 is 0 Å². The molecule has 0 aromatic heterocycles. The van der Waals surface area contributed by atoms with Crippen molar-refractivity contribution in [2.45, 2.75) is 39.5 Å². The molecule has 1 aromatic carbocycles. The van der Waals surface area contributed by atoms with E-state index < -0.39 is 11.9 Å². The Kier molecular flexibility index (Phi) is 8.94. The van der Waals surface area contributed by atoms with E-state index >= 15 is 0 Å². The van der Waals surface area contributed by atoms with Gasteiger partial charge in [0.05, 0.1) is 5.92 Å². The molecular formula is C18H31N5O2. The van der Waals surface area contributed by atoms with E-state index in [0.29, 0.717) is 5.84 Å². The summed E-state index contributed by atoms with van der Waals surface area (Å²) >= 11 is 0. The zero-order valence-electron chi connectivity index (χ0n) is 15.3. The van der Waals surface area contributed by atoms with Crippen molar-refractivity contribution in [3.63, 3.8) is 0 Å². The third-order valence-corrected chi connectivity index (χ3v) is 4.47.